The van der Waals surface area contributed by atoms with Crippen LogP contribution in [0, 0.1) is 5.92 Å². The van der Waals surface area contributed by atoms with Gasteiger partial charge in [0.05, 0.1) is 7.11 Å². The number of ether oxygens (including phenoxy) is 1. The second kappa shape index (κ2) is 6.31. The van der Waals surface area contributed by atoms with Crippen molar-refractivity contribution in [3.63, 3.8) is 0 Å². The van der Waals surface area contributed by atoms with E-state index in [1.807, 2.05) is 24.4 Å². The molecule has 1 aromatic carbocycles. The fraction of sp³-hybridized carbons (Fsp3) is 0.471. The van der Waals surface area contributed by atoms with Gasteiger partial charge in [0.15, 0.2) is 0 Å². The number of fused-ring (bicyclic) bond motifs is 1. The fourth-order valence-corrected chi connectivity index (χ4v) is 3.38. The smallest absolute Gasteiger partial charge is 0.134 e. The largest absolute Gasteiger partial charge is 0.496 e. The summed E-state index contributed by atoms with van der Waals surface area (Å²) in [6.45, 7) is 0.646. The third-order valence-corrected chi connectivity index (χ3v) is 4.53. The predicted molar refractivity (Wildman–Crippen MR) is 86.7 cm³/mol. The first-order chi connectivity index (χ1) is 10.3. The maximum atomic E-state index is 5.99. The van der Waals surface area contributed by atoms with Crippen LogP contribution >= 0.6 is 0 Å². The van der Waals surface area contributed by atoms with E-state index in [-0.39, 0.29) is 0 Å². The third kappa shape index (κ3) is 2.81. The molecule has 1 saturated carbocycles. The highest BCUT2D eigenvalue weighted by atomic mass is 16.5. The monoisotopic (exact) mass is 285 g/mol. The predicted octanol–water partition coefficient (Wildman–Crippen LogP) is 3.17. The van der Waals surface area contributed by atoms with Gasteiger partial charge in [-0.3, -0.25) is 0 Å². The minimum absolute atomic E-state index is 0.303. The van der Waals surface area contributed by atoms with Gasteiger partial charge in [-0.25, -0.2) is 4.98 Å². The van der Waals surface area contributed by atoms with Gasteiger partial charge in [0, 0.05) is 29.6 Å². The summed E-state index contributed by atoms with van der Waals surface area (Å²) in [5.74, 6) is 2.45. The Hall–Kier alpha value is -1.81. The van der Waals surface area contributed by atoms with Gasteiger partial charge in [-0.2, -0.15) is 0 Å². The van der Waals surface area contributed by atoms with Gasteiger partial charge in [-0.1, -0.05) is 25.0 Å². The molecule has 1 aliphatic rings. The van der Waals surface area contributed by atoms with E-state index in [1.165, 1.54) is 25.7 Å². The lowest BCUT2D eigenvalue weighted by Gasteiger charge is -2.24. The number of nitrogens with two attached hydrogens (primary N) is 1. The number of rotatable bonds is 5. The number of methoxy groups -OCH3 is 1. The zero-order chi connectivity index (χ0) is 14.7. The number of benzene rings is 1. The Kier molecular flexibility index (Phi) is 4.25. The lowest BCUT2D eigenvalue weighted by Crippen LogP contribution is -2.35. The molecule has 0 amide bonds. The van der Waals surface area contributed by atoms with Crippen LogP contribution in [0.15, 0.2) is 30.5 Å². The molecular formula is C17H23N3O. The molecule has 1 fully saturated rings. The van der Waals surface area contributed by atoms with E-state index < -0.39 is 0 Å². The molecule has 0 bridgehead atoms. The molecule has 3 N–H and O–H groups in total. The van der Waals surface area contributed by atoms with Crippen LogP contribution in [0.25, 0.3) is 10.8 Å². The van der Waals surface area contributed by atoms with Gasteiger partial charge in [-0.15, -0.1) is 0 Å². The average Bonchev–Trinajstić information content (AvgIpc) is 3.06. The number of hydrogen-bond donors (Lipinski definition) is 2. The lowest BCUT2D eigenvalue weighted by atomic mass is 9.98. The number of pyridine rings is 1. The molecule has 1 aromatic heterocycles. The normalized spacial score (nSPS) is 17.0. The number of nitrogens with one attached hydrogen (secondary N) is 1. The maximum Gasteiger partial charge on any atom is 0.134 e. The second-order valence-electron chi connectivity index (χ2n) is 5.75. The Morgan fingerprint density at radius 3 is 2.81 bits per heavy atom. The summed E-state index contributed by atoms with van der Waals surface area (Å²) in [5.41, 5.74) is 5.99. The van der Waals surface area contributed by atoms with Crippen LogP contribution < -0.4 is 15.8 Å². The van der Waals surface area contributed by atoms with E-state index in [9.17, 15) is 0 Å². The van der Waals surface area contributed by atoms with E-state index >= 15 is 0 Å². The molecule has 4 nitrogen and oxygen atoms in total. The summed E-state index contributed by atoms with van der Waals surface area (Å²) >= 11 is 0. The molecule has 0 radical (unpaired) electrons. The average molecular weight is 285 g/mol. The first kappa shape index (κ1) is 14.1. The Morgan fingerprint density at radius 2 is 2.10 bits per heavy atom. The summed E-state index contributed by atoms with van der Waals surface area (Å²) in [6, 6.07) is 8.35. The molecule has 0 saturated heterocycles. The van der Waals surface area contributed by atoms with E-state index in [0.29, 0.717) is 18.5 Å². The Morgan fingerprint density at radius 1 is 1.29 bits per heavy atom. The van der Waals surface area contributed by atoms with Crippen LogP contribution in [-0.4, -0.2) is 24.7 Å². The molecule has 0 spiro atoms. The fourth-order valence-electron chi connectivity index (χ4n) is 3.38. The highest BCUT2D eigenvalue weighted by Crippen LogP contribution is 2.32. The first-order valence-electron chi connectivity index (χ1n) is 7.72. The summed E-state index contributed by atoms with van der Waals surface area (Å²) in [5, 5.41) is 5.75. The minimum atomic E-state index is 0.303. The number of anilines is 1. The van der Waals surface area contributed by atoms with Gasteiger partial charge in [0.1, 0.15) is 11.6 Å². The maximum absolute atomic E-state index is 5.99. The molecule has 1 heterocycles. The Labute approximate surface area is 125 Å². The van der Waals surface area contributed by atoms with Crippen LogP contribution in [0.2, 0.25) is 0 Å². The summed E-state index contributed by atoms with van der Waals surface area (Å²) < 4.78 is 5.43. The first-order valence-corrected chi connectivity index (χ1v) is 7.72. The third-order valence-electron chi connectivity index (χ3n) is 4.53. The van der Waals surface area contributed by atoms with Crippen molar-refractivity contribution in [3.8, 4) is 5.75 Å². The van der Waals surface area contributed by atoms with Crippen molar-refractivity contribution in [2.45, 2.75) is 31.7 Å². The SMILES string of the molecule is COc1cccc2c(NC(CN)C3CCCC3)nccc12. The van der Waals surface area contributed by atoms with E-state index in [4.69, 9.17) is 10.5 Å². The summed E-state index contributed by atoms with van der Waals surface area (Å²) in [6.07, 6.45) is 7.00. The van der Waals surface area contributed by atoms with Gasteiger partial charge < -0.3 is 15.8 Å². The summed E-state index contributed by atoms with van der Waals surface area (Å²) in [7, 11) is 1.70. The van der Waals surface area contributed by atoms with Crippen LogP contribution in [0.4, 0.5) is 5.82 Å². The zero-order valence-electron chi connectivity index (χ0n) is 12.5. The van der Waals surface area contributed by atoms with Crippen molar-refractivity contribution in [2.24, 2.45) is 11.7 Å². The van der Waals surface area contributed by atoms with E-state index in [1.54, 1.807) is 7.11 Å². The molecular weight excluding hydrogens is 262 g/mol. The van der Waals surface area contributed by atoms with Crippen LogP contribution in [0.3, 0.4) is 0 Å². The molecule has 1 atom stereocenters. The molecule has 1 unspecified atom stereocenters. The van der Waals surface area contributed by atoms with E-state index in [0.717, 1.165) is 22.3 Å². The van der Waals surface area contributed by atoms with Crippen molar-refractivity contribution in [1.82, 2.24) is 4.98 Å². The molecule has 4 heteroatoms. The Balaban J connectivity index is 1.92. The molecule has 21 heavy (non-hydrogen) atoms. The number of hydrogen-bond acceptors (Lipinski definition) is 4. The zero-order valence-corrected chi connectivity index (χ0v) is 12.5. The minimum Gasteiger partial charge on any atom is -0.496 e. The topological polar surface area (TPSA) is 60.2 Å². The van der Waals surface area contributed by atoms with Gasteiger partial charge in [0.2, 0.25) is 0 Å². The van der Waals surface area contributed by atoms with Crippen molar-refractivity contribution in [1.29, 1.82) is 0 Å². The van der Waals surface area contributed by atoms with Gasteiger partial charge >= 0.3 is 0 Å². The van der Waals surface area contributed by atoms with Crippen molar-refractivity contribution in [3.05, 3.63) is 30.5 Å². The molecule has 3 rings (SSSR count). The molecule has 112 valence electrons. The lowest BCUT2D eigenvalue weighted by molar-refractivity contribution is 0.420. The molecule has 1 aliphatic carbocycles. The highest BCUT2D eigenvalue weighted by Gasteiger charge is 2.24. The summed E-state index contributed by atoms with van der Waals surface area (Å²) in [4.78, 5) is 4.52. The Bertz CT molecular complexity index is 608. The van der Waals surface area contributed by atoms with Gasteiger partial charge in [0.25, 0.3) is 0 Å². The van der Waals surface area contributed by atoms with Gasteiger partial charge in [-0.05, 0) is 30.9 Å². The van der Waals surface area contributed by atoms with Crippen molar-refractivity contribution < 1.29 is 4.74 Å². The highest BCUT2D eigenvalue weighted by molar-refractivity contribution is 5.95. The number of nitrogens with zero attached hydrogens (tertiary/aromatic N) is 1. The molecule has 2 aromatic rings. The molecule has 0 aliphatic heterocycles. The second-order valence-corrected chi connectivity index (χ2v) is 5.75. The van der Waals surface area contributed by atoms with E-state index in [2.05, 4.69) is 16.4 Å². The standard InChI is InChI=1S/C17H23N3O/c1-21-16-8-4-7-14-13(16)9-10-19-17(14)20-15(11-18)12-5-2-3-6-12/h4,7-10,12,15H,2-3,5-6,11,18H2,1H3,(H,19,20). The van der Waals surface area contributed by atoms with Crippen LogP contribution in [0.5, 0.6) is 5.75 Å². The van der Waals surface area contributed by atoms with Crippen LogP contribution in [0.1, 0.15) is 25.7 Å². The quantitative estimate of drug-likeness (QED) is 0.886. The van der Waals surface area contributed by atoms with Crippen molar-refractivity contribution >= 4 is 16.6 Å². The van der Waals surface area contributed by atoms with Crippen LogP contribution in [-0.2, 0) is 0 Å². The van der Waals surface area contributed by atoms with Crippen molar-refractivity contribution in [2.75, 3.05) is 19.0 Å². The number of aromatic nitrogens is 1.